The van der Waals surface area contributed by atoms with Gasteiger partial charge >= 0.3 is 0 Å². The van der Waals surface area contributed by atoms with Crippen LogP contribution in [0.3, 0.4) is 0 Å². The van der Waals surface area contributed by atoms with Crippen molar-refractivity contribution in [2.45, 2.75) is 31.7 Å². The number of hydrogen-bond acceptors (Lipinski definition) is 2. The van der Waals surface area contributed by atoms with Gasteiger partial charge in [0.15, 0.2) is 0 Å². The van der Waals surface area contributed by atoms with Gasteiger partial charge in [0.1, 0.15) is 0 Å². The summed E-state index contributed by atoms with van der Waals surface area (Å²) in [6.45, 7) is 1.87. The molecule has 1 amide bonds. The van der Waals surface area contributed by atoms with Crippen molar-refractivity contribution in [3.8, 4) is 0 Å². The first-order valence-corrected chi connectivity index (χ1v) is 9.57. The fourth-order valence-corrected chi connectivity index (χ4v) is 4.19. The average molecular weight is 397 g/mol. The molecular weight excluding hydrogens is 376 g/mol. The molecule has 2 aromatic carbocycles. The summed E-state index contributed by atoms with van der Waals surface area (Å²) in [6, 6.07) is 15.1. The number of nitrogens with one attached hydrogen (secondary N) is 2. The first-order valence-electron chi connectivity index (χ1n) is 8.78. The maximum atomic E-state index is 11.7. The van der Waals surface area contributed by atoms with Crippen LogP contribution in [0.15, 0.2) is 59.1 Å². The maximum absolute atomic E-state index is 11.7. The molecule has 0 radical (unpaired) electrons. The van der Waals surface area contributed by atoms with Crippen LogP contribution in [-0.2, 0) is 4.79 Å². The zero-order valence-corrected chi connectivity index (χ0v) is 15.7. The van der Waals surface area contributed by atoms with Crippen LogP contribution in [0.2, 0.25) is 0 Å². The lowest BCUT2D eigenvalue weighted by atomic mass is 9.77. The molecule has 0 spiro atoms. The zero-order valence-electron chi connectivity index (χ0n) is 14.1. The molecule has 4 rings (SSSR count). The van der Waals surface area contributed by atoms with Crippen molar-refractivity contribution in [1.29, 1.82) is 0 Å². The molecule has 2 N–H and O–H groups in total. The topological polar surface area (TPSA) is 41.1 Å². The van der Waals surface area contributed by atoms with Crippen LogP contribution in [0, 0.1) is 5.92 Å². The van der Waals surface area contributed by atoms with E-state index in [9.17, 15) is 4.79 Å². The number of halogens is 1. The van der Waals surface area contributed by atoms with Gasteiger partial charge in [-0.2, -0.15) is 0 Å². The minimum Gasteiger partial charge on any atom is -0.378 e. The highest BCUT2D eigenvalue weighted by Crippen LogP contribution is 2.50. The van der Waals surface area contributed by atoms with Gasteiger partial charge in [0.25, 0.3) is 0 Å². The van der Waals surface area contributed by atoms with Gasteiger partial charge in [0.05, 0.1) is 6.04 Å². The summed E-state index contributed by atoms with van der Waals surface area (Å²) >= 11 is 3.52. The van der Waals surface area contributed by atoms with Crippen LogP contribution in [0.1, 0.15) is 42.9 Å². The highest BCUT2D eigenvalue weighted by Gasteiger charge is 2.37. The number of hydrogen-bond donors (Lipinski definition) is 2. The molecular formula is C21H21BrN2O. The van der Waals surface area contributed by atoms with Gasteiger partial charge in [-0.3, -0.25) is 4.79 Å². The third-order valence-corrected chi connectivity index (χ3v) is 5.73. The molecule has 3 unspecified atom stereocenters. The van der Waals surface area contributed by atoms with Gasteiger partial charge in [0, 0.05) is 28.2 Å². The molecule has 0 saturated heterocycles. The number of amides is 1. The van der Waals surface area contributed by atoms with Gasteiger partial charge in [-0.05, 0) is 53.8 Å². The van der Waals surface area contributed by atoms with Crippen LogP contribution >= 0.6 is 15.9 Å². The first-order chi connectivity index (χ1) is 12.2. The number of allylic oxidation sites excluding steroid dienone is 2. The summed E-state index contributed by atoms with van der Waals surface area (Å²) in [5.41, 5.74) is 4.64. The van der Waals surface area contributed by atoms with Gasteiger partial charge in [-0.15, -0.1) is 0 Å². The van der Waals surface area contributed by atoms with E-state index in [-0.39, 0.29) is 5.91 Å². The van der Waals surface area contributed by atoms with Gasteiger partial charge in [-0.1, -0.05) is 47.1 Å². The molecule has 128 valence electrons. The van der Waals surface area contributed by atoms with Crippen LogP contribution in [-0.4, -0.2) is 5.91 Å². The maximum Gasteiger partial charge on any atom is 0.224 e. The Bertz CT molecular complexity index is 828. The summed E-state index contributed by atoms with van der Waals surface area (Å²) in [7, 11) is 0. The fourth-order valence-electron chi connectivity index (χ4n) is 3.92. The molecule has 3 nitrogen and oxygen atoms in total. The van der Waals surface area contributed by atoms with Crippen molar-refractivity contribution in [2.24, 2.45) is 5.92 Å². The van der Waals surface area contributed by atoms with E-state index in [4.69, 9.17) is 0 Å². The number of carbonyl (C=O) groups excluding carboxylic acids is 1. The molecule has 0 saturated carbocycles. The standard InChI is InChI=1S/C21H21BrN2O/c1-2-20(25)23-15-10-11-19-18(12-15)16-4-3-5-17(16)21(24-19)13-6-8-14(22)9-7-13/h3-4,6-12,16-17,21,24H,2,5H2,1H3,(H,23,25). The number of anilines is 2. The number of rotatable bonds is 3. The summed E-state index contributed by atoms with van der Waals surface area (Å²) in [6.07, 6.45) is 6.17. The predicted molar refractivity (Wildman–Crippen MR) is 106 cm³/mol. The van der Waals surface area contributed by atoms with Gasteiger partial charge in [-0.25, -0.2) is 0 Å². The quantitative estimate of drug-likeness (QED) is 0.660. The molecule has 1 heterocycles. The monoisotopic (exact) mass is 396 g/mol. The summed E-state index contributed by atoms with van der Waals surface area (Å²) in [5, 5.41) is 6.71. The second-order valence-corrected chi connectivity index (χ2v) is 7.65. The number of carbonyl (C=O) groups is 1. The molecule has 2 aromatic rings. The lowest BCUT2D eigenvalue weighted by molar-refractivity contribution is -0.115. The second-order valence-electron chi connectivity index (χ2n) is 6.73. The van der Waals surface area contributed by atoms with Crippen molar-refractivity contribution >= 4 is 33.2 Å². The Morgan fingerprint density at radius 2 is 2.04 bits per heavy atom. The molecule has 2 aliphatic rings. The Hall–Kier alpha value is -2.07. The summed E-state index contributed by atoms with van der Waals surface area (Å²) < 4.78 is 1.10. The van der Waals surface area contributed by atoms with E-state index in [1.807, 2.05) is 13.0 Å². The van der Waals surface area contributed by atoms with E-state index in [1.165, 1.54) is 11.1 Å². The second kappa shape index (κ2) is 6.68. The molecule has 3 atom stereocenters. The van der Waals surface area contributed by atoms with E-state index in [1.54, 1.807) is 0 Å². The summed E-state index contributed by atoms with van der Waals surface area (Å²) in [4.78, 5) is 11.7. The molecule has 4 heteroatoms. The van der Waals surface area contributed by atoms with Crippen molar-refractivity contribution in [2.75, 3.05) is 10.6 Å². The lowest BCUT2D eigenvalue weighted by Gasteiger charge is -2.37. The molecule has 0 bridgehead atoms. The van der Waals surface area contributed by atoms with Crippen molar-refractivity contribution in [1.82, 2.24) is 0 Å². The highest BCUT2D eigenvalue weighted by atomic mass is 79.9. The minimum atomic E-state index is 0.0509. The molecule has 1 aliphatic carbocycles. The molecule has 0 aromatic heterocycles. The Kier molecular flexibility index (Phi) is 4.38. The zero-order chi connectivity index (χ0) is 17.4. The molecule has 0 fully saturated rings. The van der Waals surface area contributed by atoms with E-state index >= 15 is 0 Å². The van der Waals surface area contributed by atoms with Crippen LogP contribution in [0.25, 0.3) is 0 Å². The van der Waals surface area contributed by atoms with Gasteiger partial charge < -0.3 is 10.6 Å². The molecule has 1 aliphatic heterocycles. The fraction of sp³-hybridized carbons (Fsp3) is 0.286. The van der Waals surface area contributed by atoms with E-state index in [2.05, 4.69) is 75.1 Å². The number of fused-ring (bicyclic) bond motifs is 3. The van der Waals surface area contributed by atoms with Crippen LogP contribution < -0.4 is 10.6 Å². The van der Waals surface area contributed by atoms with Crippen LogP contribution in [0.4, 0.5) is 11.4 Å². The van der Waals surface area contributed by atoms with Gasteiger partial charge in [0.2, 0.25) is 5.91 Å². The smallest absolute Gasteiger partial charge is 0.224 e. The Morgan fingerprint density at radius 3 is 2.80 bits per heavy atom. The summed E-state index contributed by atoms with van der Waals surface area (Å²) in [5.74, 6) is 0.948. The minimum absolute atomic E-state index is 0.0509. The van der Waals surface area contributed by atoms with E-state index in [0.29, 0.717) is 24.3 Å². The predicted octanol–water partition coefficient (Wildman–Crippen LogP) is 5.62. The lowest BCUT2D eigenvalue weighted by Crippen LogP contribution is -2.29. The average Bonchev–Trinajstić information content (AvgIpc) is 3.12. The SMILES string of the molecule is CCC(=O)Nc1ccc2c(c1)C1C=CCC1C(c1ccc(Br)cc1)N2. The Balaban J connectivity index is 1.68. The van der Waals surface area contributed by atoms with Crippen LogP contribution in [0.5, 0.6) is 0 Å². The van der Waals surface area contributed by atoms with Crippen molar-refractivity contribution in [3.63, 3.8) is 0 Å². The van der Waals surface area contributed by atoms with E-state index < -0.39 is 0 Å². The first kappa shape index (κ1) is 16.4. The Labute approximate surface area is 156 Å². The normalized spacial score (nSPS) is 23.5. The van der Waals surface area contributed by atoms with E-state index in [0.717, 1.165) is 22.3 Å². The molecule has 25 heavy (non-hydrogen) atoms. The third kappa shape index (κ3) is 3.11. The Morgan fingerprint density at radius 1 is 1.24 bits per heavy atom. The third-order valence-electron chi connectivity index (χ3n) is 5.20. The van der Waals surface area contributed by atoms with Crippen molar-refractivity contribution < 1.29 is 4.79 Å². The number of benzene rings is 2. The van der Waals surface area contributed by atoms with Crippen molar-refractivity contribution in [3.05, 3.63) is 70.2 Å². The highest BCUT2D eigenvalue weighted by molar-refractivity contribution is 9.10. The largest absolute Gasteiger partial charge is 0.378 e.